The zero-order valence-corrected chi connectivity index (χ0v) is 16.1. The highest BCUT2D eigenvalue weighted by Gasteiger charge is 2.28. The van der Waals surface area contributed by atoms with Crippen molar-refractivity contribution >= 4 is 23.4 Å². The van der Waals surface area contributed by atoms with Crippen LogP contribution in [-0.2, 0) is 9.47 Å². The highest BCUT2D eigenvalue weighted by atomic mass is 16.5. The van der Waals surface area contributed by atoms with Crippen LogP contribution in [0, 0.1) is 20.8 Å². The first-order valence-electron chi connectivity index (χ1n) is 8.65. The van der Waals surface area contributed by atoms with Crippen LogP contribution in [0.4, 0.5) is 5.69 Å². The van der Waals surface area contributed by atoms with Gasteiger partial charge < -0.3 is 20.2 Å². The molecule has 27 heavy (non-hydrogen) atoms. The number of hydrogen-bond acceptors (Lipinski definition) is 6. The zero-order chi connectivity index (χ0) is 20.3. The topological polar surface area (TPSA) is 111 Å². The highest BCUT2D eigenvalue weighted by Crippen LogP contribution is 2.22. The summed E-state index contributed by atoms with van der Waals surface area (Å²) in [7, 11) is 0. The predicted octanol–water partition coefficient (Wildman–Crippen LogP) is 3.13. The van der Waals surface area contributed by atoms with Gasteiger partial charge in [0.25, 0.3) is 0 Å². The summed E-state index contributed by atoms with van der Waals surface area (Å²) in [5.74, 6) is -1.62. The third-order valence-electron chi connectivity index (χ3n) is 4.36. The van der Waals surface area contributed by atoms with E-state index in [-0.39, 0.29) is 17.9 Å². The number of aryl methyl sites for hydroxylation is 2. The Morgan fingerprint density at radius 2 is 1.81 bits per heavy atom. The maximum Gasteiger partial charge on any atom is 0.340 e. The zero-order valence-electron chi connectivity index (χ0n) is 16.1. The van der Waals surface area contributed by atoms with Crippen LogP contribution in [0.15, 0.2) is 18.2 Å². The van der Waals surface area contributed by atoms with Crippen molar-refractivity contribution < 1.29 is 23.9 Å². The first-order valence-corrected chi connectivity index (χ1v) is 8.65. The van der Waals surface area contributed by atoms with Gasteiger partial charge in [0.1, 0.15) is 0 Å². The van der Waals surface area contributed by atoms with Gasteiger partial charge in [-0.05, 0) is 51.8 Å². The van der Waals surface area contributed by atoms with E-state index in [1.54, 1.807) is 45.9 Å². The fourth-order valence-corrected chi connectivity index (χ4v) is 2.85. The lowest BCUT2D eigenvalue weighted by Gasteiger charge is -2.14. The van der Waals surface area contributed by atoms with Gasteiger partial charge in [-0.2, -0.15) is 0 Å². The third-order valence-corrected chi connectivity index (χ3v) is 4.36. The molecular weight excluding hydrogens is 348 g/mol. The van der Waals surface area contributed by atoms with E-state index in [0.29, 0.717) is 22.5 Å². The predicted molar refractivity (Wildman–Crippen MR) is 101 cm³/mol. The molecule has 0 saturated heterocycles. The fourth-order valence-electron chi connectivity index (χ4n) is 2.85. The summed E-state index contributed by atoms with van der Waals surface area (Å²) in [4.78, 5) is 40.1. The first kappa shape index (κ1) is 20.2. The number of rotatable bonds is 6. The van der Waals surface area contributed by atoms with Crippen LogP contribution in [0.1, 0.15) is 61.9 Å². The normalized spacial score (nSPS) is 11.7. The Bertz CT molecular complexity index is 898. The Morgan fingerprint density at radius 1 is 1.15 bits per heavy atom. The molecule has 0 aliphatic rings. The Balaban J connectivity index is 2.23. The number of para-hydroxylation sites is 1. The van der Waals surface area contributed by atoms with Crippen LogP contribution in [0.2, 0.25) is 0 Å². The number of nitrogens with two attached hydrogens (primary N) is 1. The summed E-state index contributed by atoms with van der Waals surface area (Å²) in [6.45, 7) is 8.53. The first-order chi connectivity index (χ1) is 12.7. The quantitative estimate of drug-likeness (QED) is 0.458. The Hall–Kier alpha value is -3.09. The number of hydrogen-bond donors (Lipinski definition) is 2. The number of Topliss-reactive ketones (excluding diaryl/α,β-unsaturated/α-hetero) is 1. The Labute approximate surface area is 157 Å². The molecule has 0 bridgehead atoms. The molecule has 0 spiro atoms. The van der Waals surface area contributed by atoms with E-state index in [1.807, 2.05) is 0 Å². The molecule has 0 aliphatic heterocycles. The molecule has 1 aromatic carbocycles. The van der Waals surface area contributed by atoms with Crippen molar-refractivity contribution in [1.82, 2.24) is 4.98 Å². The average Bonchev–Trinajstić information content (AvgIpc) is 2.91. The van der Waals surface area contributed by atoms with Gasteiger partial charge in [0.2, 0.25) is 5.78 Å². The lowest BCUT2D eigenvalue weighted by molar-refractivity contribution is 0.0317. The number of aromatic nitrogens is 1. The molecule has 1 atom stereocenters. The number of carbonyl (C=O) groups is 3. The van der Waals surface area contributed by atoms with Gasteiger partial charge in [0.15, 0.2) is 6.10 Å². The second kappa shape index (κ2) is 8.07. The lowest BCUT2D eigenvalue weighted by atomic mass is 10.1. The molecule has 0 fully saturated rings. The summed E-state index contributed by atoms with van der Waals surface area (Å²) in [5, 5.41) is 0. The molecular formula is C20H24N2O5. The molecule has 0 aliphatic carbocycles. The molecule has 0 saturated carbocycles. The summed E-state index contributed by atoms with van der Waals surface area (Å²) >= 11 is 0. The maximum atomic E-state index is 12.7. The number of aromatic amines is 1. The second-order valence-corrected chi connectivity index (χ2v) is 6.29. The van der Waals surface area contributed by atoms with E-state index in [1.165, 1.54) is 6.92 Å². The van der Waals surface area contributed by atoms with Crippen molar-refractivity contribution in [2.75, 3.05) is 12.3 Å². The third kappa shape index (κ3) is 4.02. The second-order valence-electron chi connectivity index (χ2n) is 6.29. The van der Waals surface area contributed by atoms with Crippen LogP contribution in [-0.4, -0.2) is 35.4 Å². The minimum absolute atomic E-state index is 0.209. The van der Waals surface area contributed by atoms with Gasteiger partial charge in [-0.1, -0.05) is 12.1 Å². The number of nitrogens with one attached hydrogen (secondary N) is 1. The molecule has 1 heterocycles. The van der Waals surface area contributed by atoms with Crippen molar-refractivity contribution in [2.45, 2.75) is 40.7 Å². The number of nitrogen functional groups attached to an aromatic ring is 1. The lowest BCUT2D eigenvalue weighted by Crippen LogP contribution is -2.26. The average molecular weight is 372 g/mol. The molecule has 2 aromatic rings. The standard InChI is InChI=1S/C20H24N2O5/c1-6-26-20(25)15-11(3)17(22-12(15)4)18(23)13(5)27-19(24)14-9-7-8-10(2)16(14)21/h7-9,13,22H,6,21H2,1-5H3. The SMILES string of the molecule is CCOC(=O)c1c(C)[nH]c(C(=O)C(C)OC(=O)c2cccc(C)c2N)c1C. The van der Waals surface area contributed by atoms with Crippen molar-refractivity contribution in [1.29, 1.82) is 0 Å². The fraction of sp³-hybridized carbons (Fsp3) is 0.350. The summed E-state index contributed by atoms with van der Waals surface area (Å²) in [5.41, 5.74) is 8.72. The molecule has 7 heteroatoms. The largest absolute Gasteiger partial charge is 0.462 e. The number of H-pyrrole nitrogens is 1. The number of carbonyl (C=O) groups excluding carboxylic acids is 3. The van der Waals surface area contributed by atoms with Gasteiger partial charge in [0, 0.05) is 11.4 Å². The summed E-state index contributed by atoms with van der Waals surface area (Å²) < 4.78 is 10.3. The van der Waals surface area contributed by atoms with Crippen LogP contribution in [0.5, 0.6) is 0 Å². The number of ketones is 1. The van der Waals surface area contributed by atoms with Gasteiger partial charge in [-0.15, -0.1) is 0 Å². The van der Waals surface area contributed by atoms with E-state index < -0.39 is 23.8 Å². The number of anilines is 1. The van der Waals surface area contributed by atoms with E-state index in [9.17, 15) is 14.4 Å². The van der Waals surface area contributed by atoms with E-state index in [2.05, 4.69) is 4.98 Å². The highest BCUT2D eigenvalue weighted by molar-refractivity contribution is 6.05. The molecule has 1 unspecified atom stereocenters. The molecule has 0 radical (unpaired) electrons. The summed E-state index contributed by atoms with van der Waals surface area (Å²) in [6.07, 6.45) is -1.05. The molecule has 2 rings (SSSR count). The smallest absolute Gasteiger partial charge is 0.340 e. The molecule has 0 amide bonds. The number of ether oxygens (including phenoxy) is 2. The monoisotopic (exact) mass is 372 g/mol. The summed E-state index contributed by atoms with van der Waals surface area (Å²) in [6, 6.07) is 5.02. The van der Waals surface area contributed by atoms with Crippen LogP contribution in [0.25, 0.3) is 0 Å². The van der Waals surface area contributed by atoms with Gasteiger partial charge in [0.05, 0.1) is 23.4 Å². The molecule has 7 nitrogen and oxygen atoms in total. The van der Waals surface area contributed by atoms with Crippen LogP contribution < -0.4 is 5.73 Å². The number of benzene rings is 1. The Morgan fingerprint density at radius 3 is 2.44 bits per heavy atom. The minimum Gasteiger partial charge on any atom is -0.462 e. The van der Waals surface area contributed by atoms with Crippen molar-refractivity contribution in [3.05, 3.63) is 51.8 Å². The molecule has 144 valence electrons. The van der Waals surface area contributed by atoms with Gasteiger partial charge in [-0.3, -0.25) is 4.79 Å². The van der Waals surface area contributed by atoms with E-state index in [0.717, 1.165) is 5.56 Å². The molecule has 3 N–H and O–H groups in total. The van der Waals surface area contributed by atoms with Gasteiger partial charge in [-0.25, -0.2) is 9.59 Å². The Kier molecular flexibility index (Phi) is 6.05. The minimum atomic E-state index is -1.05. The van der Waals surface area contributed by atoms with E-state index in [4.69, 9.17) is 15.2 Å². The maximum absolute atomic E-state index is 12.7. The van der Waals surface area contributed by atoms with Crippen LogP contribution >= 0.6 is 0 Å². The van der Waals surface area contributed by atoms with Crippen LogP contribution in [0.3, 0.4) is 0 Å². The molecule has 1 aromatic heterocycles. The number of esters is 2. The van der Waals surface area contributed by atoms with E-state index >= 15 is 0 Å². The van der Waals surface area contributed by atoms with Gasteiger partial charge >= 0.3 is 11.9 Å². The van der Waals surface area contributed by atoms with Crippen molar-refractivity contribution in [3.63, 3.8) is 0 Å². The van der Waals surface area contributed by atoms with Crippen molar-refractivity contribution in [3.8, 4) is 0 Å². The van der Waals surface area contributed by atoms with Crippen molar-refractivity contribution in [2.24, 2.45) is 0 Å².